The molecule has 0 N–H and O–H groups in total. The molecule has 21 heavy (non-hydrogen) atoms. The van der Waals surface area contributed by atoms with Crippen LogP contribution >= 0.6 is 0 Å². The fourth-order valence-electron chi connectivity index (χ4n) is 2.19. The Labute approximate surface area is 125 Å². The fourth-order valence-corrected chi connectivity index (χ4v) is 2.19. The molecular weight excluding hydrogens is 269 g/mol. The first-order valence-electron chi connectivity index (χ1n) is 7.12. The van der Waals surface area contributed by atoms with Crippen LogP contribution in [0.5, 0.6) is 0 Å². The van der Waals surface area contributed by atoms with Crippen LogP contribution in [0.3, 0.4) is 0 Å². The number of hydrogen-bond donors (Lipinski definition) is 0. The van der Waals surface area contributed by atoms with Crippen molar-refractivity contribution in [1.82, 2.24) is 4.90 Å². The number of carbonyl (C=O) groups is 1. The molecular formula is C17H20FNO2. The molecule has 2 rings (SSSR count). The van der Waals surface area contributed by atoms with Crippen LogP contribution in [0.4, 0.5) is 9.18 Å². The molecule has 1 saturated heterocycles. The Balaban J connectivity index is 2.08. The van der Waals surface area contributed by atoms with Crippen molar-refractivity contribution in [2.24, 2.45) is 0 Å². The summed E-state index contributed by atoms with van der Waals surface area (Å²) in [4.78, 5) is 13.8. The van der Waals surface area contributed by atoms with Gasteiger partial charge in [0.15, 0.2) is 0 Å². The largest absolute Gasteiger partial charge is 0.444 e. The molecule has 1 aliphatic heterocycles. The van der Waals surface area contributed by atoms with Gasteiger partial charge in [-0.25, -0.2) is 9.18 Å². The topological polar surface area (TPSA) is 29.5 Å². The van der Waals surface area contributed by atoms with E-state index in [1.54, 1.807) is 17.0 Å². The number of rotatable bonds is 0. The molecule has 1 amide bonds. The van der Waals surface area contributed by atoms with Gasteiger partial charge in [0.2, 0.25) is 0 Å². The summed E-state index contributed by atoms with van der Waals surface area (Å²) in [6, 6.07) is 5.99. The Kier molecular flexibility index (Phi) is 4.52. The highest BCUT2D eigenvalue weighted by Gasteiger charge is 2.30. The molecule has 0 unspecified atom stereocenters. The van der Waals surface area contributed by atoms with E-state index >= 15 is 0 Å². The second kappa shape index (κ2) is 6.17. The Morgan fingerprint density at radius 1 is 1.43 bits per heavy atom. The van der Waals surface area contributed by atoms with Crippen LogP contribution in [0, 0.1) is 17.7 Å². The van der Waals surface area contributed by atoms with E-state index in [4.69, 9.17) is 4.74 Å². The molecule has 1 fully saturated rings. The van der Waals surface area contributed by atoms with Crippen LogP contribution in [-0.4, -0.2) is 29.2 Å². The normalized spacial score (nSPS) is 18.1. The van der Waals surface area contributed by atoms with E-state index in [9.17, 15) is 9.18 Å². The molecule has 3 nitrogen and oxygen atoms in total. The summed E-state index contributed by atoms with van der Waals surface area (Å²) in [6.07, 6.45) is 1.39. The summed E-state index contributed by atoms with van der Waals surface area (Å²) in [5, 5.41) is 0. The number of amides is 1. The summed E-state index contributed by atoms with van der Waals surface area (Å²) >= 11 is 0. The predicted molar refractivity (Wildman–Crippen MR) is 79.2 cm³/mol. The smallest absolute Gasteiger partial charge is 0.411 e. The minimum Gasteiger partial charge on any atom is -0.444 e. The fraction of sp³-hybridized carbons (Fsp3) is 0.471. The van der Waals surface area contributed by atoms with Crippen molar-refractivity contribution in [1.29, 1.82) is 0 Å². The summed E-state index contributed by atoms with van der Waals surface area (Å²) in [7, 11) is 0. The lowest BCUT2D eigenvalue weighted by atomic mass is 10.2. The van der Waals surface area contributed by atoms with Gasteiger partial charge in [-0.15, -0.1) is 0 Å². The minimum absolute atomic E-state index is 0.164. The highest BCUT2D eigenvalue weighted by Crippen LogP contribution is 2.20. The van der Waals surface area contributed by atoms with Crippen molar-refractivity contribution in [2.45, 2.75) is 45.3 Å². The van der Waals surface area contributed by atoms with Crippen molar-refractivity contribution >= 4 is 6.09 Å². The molecule has 112 valence electrons. The van der Waals surface area contributed by atoms with Gasteiger partial charge >= 0.3 is 6.09 Å². The Morgan fingerprint density at radius 3 is 2.86 bits per heavy atom. The van der Waals surface area contributed by atoms with Crippen LogP contribution in [-0.2, 0) is 4.74 Å². The zero-order valence-electron chi connectivity index (χ0n) is 12.6. The van der Waals surface area contributed by atoms with E-state index < -0.39 is 5.60 Å². The third-order valence-electron chi connectivity index (χ3n) is 3.09. The Hall–Kier alpha value is -2.02. The maximum Gasteiger partial charge on any atom is 0.411 e. The number of carbonyl (C=O) groups excluding carboxylic acids is 1. The van der Waals surface area contributed by atoms with E-state index in [-0.39, 0.29) is 18.0 Å². The molecule has 1 aromatic carbocycles. The zero-order chi connectivity index (χ0) is 15.5. The number of ether oxygens (including phenoxy) is 1. The molecule has 0 radical (unpaired) electrons. The van der Waals surface area contributed by atoms with Crippen molar-refractivity contribution < 1.29 is 13.9 Å². The molecule has 0 aliphatic carbocycles. The molecule has 0 saturated carbocycles. The van der Waals surface area contributed by atoms with E-state index in [0.717, 1.165) is 12.8 Å². The summed E-state index contributed by atoms with van der Waals surface area (Å²) in [6.45, 7) is 6.18. The predicted octanol–water partition coefficient (Wildman–Crippen LogP) is 3.58. The van der Waals surface area contributed by atoms with Gasteiger partial charge in [-0.3, -0.25) is 4.90 Å². The molecule has 4 heteroatoms. The van der Waals surface area contributed by atoms with Crippen molar-refractivity contribution in [2.75, 3.05) is 6.54 Å². The maximum atomic E-state index is 13.1. The summed E-state index contributed by atoms with van der Waals surface area (Å²) < 4.78 is 18.5. The molecule has 1 aromatic rings. The molecule has 0 spiro atoms. The van der Waals surface area contributed by atoms with Crippen LogP contribution < -0.4 is 0 Å². The van der Waals surface area contributed by atoms with Crippen LogP contribution in [0.2, 0.25) is 0 Å². The summed E-state index contributed by atoms with van der Waals surface area (Å²) in [5.41, 5.74) is 0.103. The average Bonchev–Trinajstić information content (AvgIpc) is 2.83. The second-order valence-electron chi connectivity index (χ2n) is 6.11. The Morgan fingerprint density at radius 2 is 2.19 bits per heavy atom. The minimum atomic E-state index is -0.514. The van der Waals surface area contributed by atoms with Gasteiger partial charge in [-0.1, -0.05) is 17.9 Å². The van der Waals surface area contributed by atoms with Gasteiger partial charge in [0.1, 0.15) is 11.4 Å². The lowest BCUT2D eigenvalue weighted by molar-refractivity contribution is 0.0261. The van der Waals surface area contributed by atoms with Crippen LogP contribution in [0.1, 0.15) is 39.2 Å². The highest BCUT2D eigenvalue weighted by atomic mass is 19.1. The summed E-state index contributed by atoms with van der Waals surface area (Å²) in [5.74, 6) is 5.68. The number of nitrogens with zero attached hydrogens (tertiary/aromatic N) is 1. The molecule has 1 heterocycles. The Bertz CT molecular complexity index is 580. The molecule has 1 aliphatic rings. The van der Waals surface area contributed by atoms with Crippen LogP contribution in [0.15, 0.2) is 24.3 Å². The number of benzene rings is 1. The van der Waals surface area contributed by atoms with E-state index in [2.05, 4.69) is 11.8 Å². The molecule has 0 aromatic heterocycles. The lowest BCUT2D eigenvalue weighted by Gasteiger charge is -2.26. The van der Waals surface area contributed by atoms with E-state index in [0.29, 0.717) is 12.1 Å². The van der Waals surface area contributed by atoms with Crippen molar-refractivity contribution in [3.05, 3.63) is 35.6 Å². The van der Waals surface area contributed by atoms with Gasteiger partial charge < -0.3 is 4.74 Å². The standard InChI is InChI=1S/C17H20FNO2/c1-17(2,3)21-16(20)19-11-5-8-15(19)10-9-13-6-4-7-14(18)12-13/h4,6-7,12,15H,5,8,11H2,1-3H3/t15-/m0/s1. The molecule has 1 atom stereocenters. The number of likely N-dealkylation sites (tertiary alicyclic amines) is 1. The molecule has 0 bridgehead atoms. The number of hydrogen-bond acceptors (Lipinski definition) is 2. The van der Waals surface area contributed by atoms with Gasteiger partial charge in [0.05, 0.1) is 6.04 Å². The highest BCUT2D eigenvalue weighted by molar-refractivity contribution is 5.69. The monoisotopic (exact) mass is 289 g/mol. The van der Waals surface area contributed by atoms with Gasteiger partial charge in [-0.2, -0.15) is 0 Å². The van der Waals surface area contributed by atoms with E-state index in [1.807, 2.05) is 20.8 Å². The first kappa shape index (κ1) is 15.4. The van der Waals surface area contributed by atoms with Crippen LogP contribution in [0.25, 0.3) is 0 Å². The van der Waals surface area contributed by atoms with E-state index in [1.165, 1.54) is 12.1 Å². The maximum absolute atomic E-state index is 13.1. The number of halogens is 1. The van der Waals surface area contributed by atoms with Gasteiger partial charge in [-0.05, 0) is 51.8 Å². The van der Waals surface area contributed by atoms with Crippen molar-refractivity contribution in [3.8, 4) is 11.8 Å². The third kappa shape index (κ3) is 4.49. The first-order valence-corrected chi connectivity index (χ1v) is 7.12. The average molecular weight is 289 g/mol. The lowest BCUT2D eigenvalue weighted by Crippen LogP contribution is -2.39. The van der Waals surface area contributed by atoms with Gasteiger partial charge in [0.25, 0.3) is 0 Å². The van der Waals surface area contributed by atoms with Crippen molar-refractivity contribution in [3.63, 3.8) is 0 Å². The van der Waals surface area contributed by atoms with Gasteiger partial charge in [0, 0.05) is 12.1 Å². The quantitative estimate of drug-likeness (QED) is 0.683. The first-order chi connectivity index (χ1) is 9.85. The SMILES string of the molecule is CC(C)(C)OC(=O)N1CCC[C@H]1C#Cc1cccc(F)c1. The second-order valence-corrected chi connectivity index (χ2v) is 6.11. The zero-order valence-corrected chi connectivity index (χ0v) is 12.6. The third-order valence-corrected chi connectivity index (χ3v) is 3.09.